The van der Waals surface area contributed by atoms with Crippen LogP contribution in [0.5, 0.6) is 0 Å². The number of rotatable bonds is 4. The van der Waals surface area contributed by atoms with Crippen LogP contribution in [0.15, 0.2) is 11.9 Å². The van der Waals surface area contributed by atoms with Crippen molar-refractivity contribution >= 4 is 11.6 Å². The van der Waals surface area contributed by atoms with Gasteiger partial charge in [-0.25, -0.2) is 4.39 Å². The number of allylic oxidation sites excluding steroid dienone is 1. The molecule has 0 bridgehead atoms. The van der Waals surface area contributed by atoms with Crippen molar-refractivity contribution in [1.29, 1.82) is 0 Å². The third kappa shape index (κ3) is 4.60. The summed E-state index contributed by atoms with van der Waals surface area (Å²) in [6, 6.07) is 0. The minimum Gasteiger partial charge on any atom is -0.353 e. The van der Waals surface area contributed by atoms with E-state index in [2.05, 4.69) is 0 Å². The second kappa shape index (κ2) is 6.35. The van der Waals surface area contributed by atoms with Gasteiger partial charge in [0.2, 0.25) is 0 Å². The number of halogens is 2. The molecule has 0 saturated carbocycles. The number of alkyl halides is 1. The molecular formula is C9H14ClFO2. The Hall–Kier alpha value is -0.120. The quantitative estimate of drug-likeness (QED) is 0.662. The first-order valence-electron chi connectivity index (χ1n) is 4.46. The van der Waals surface area contributed by atoms with Gasteiger partial charge in [-0.2, -0.15) is 0 Å². The maximum Gasteiger partial charge on any atom is 0.158 e. The van der Waals surface area contributed by atoms with Gasteiger partial charge in [-0.3, -0.25) is 0 Å². The molecule has 76 valence electrons. The summed E-state index contributed by atoms with van der Waals surface area (Å²) in [5, 5.41) is 0. The zero-order chi connectivity index (χ0) is 9.52. The van der Waals surface area contributed by atoms with Gasteiger partial charge in [0.15, 0.2) is 6.29 Å². The third-order valence-electron chi connectivity index (χ3n) is 1.84. The van der Waals surface area contributed by atoms with Crippen molar-refractivity contribution < 1.29 is 13.9 Å². The van der Waals surface area contributed by atoms with Crippen LogP contribution in [0.1, 0.15) is 19.3 Å². The summed E-state index contributed by atoms with van der Waals surface area (Å²) in [5.74, 6) is -0.148. The maximum absolute atomic E-state index is 12.8. The molecule has 0 aromatic rings. The second-order valence-electron chi connectivity index (χ2n) is 2.91. The Labute approximate surface area is 82.7 Å². The molecule has 1 atom stereocenters. The minimum absolute atomic E-state index is 0.0304. The Morgan fingerprint density at radius 2 is 2.46 bits per heavy atom. The summed E-state index contributed by atoms with van der Waals surface area (Å²) in [5.41, 5.74) is 0. The fourth-order valence-corrected chi connectivity index (χ4v) is 1.33. The molecule has 0 N–H and O–H groups in total. The van der Waals surface area contributed by atoms with E-state index in [0.717, 1.165) is 19.3 Å². The average Bonchev–Trinajstić information content (AvgIpc) is 2.17. The highest BCUT2D eigenvalue weighted by molar-refractivity contribution is 6.18. The Morgan fingerprint density at radius 3 is 3.08 bits per heavy atom. The van der Waals surface area contributed by atoms with Gasteiger partial charge in [0.25, 0.3) is 0 Å². The zero-order valence-electron chi connectivity index (χ0n) is 7.47. The highest BCUT2D eigenvalue weighted by Crippen LogP contribution is 2.14. The van der Waals surface area contributed by atoms with E-state index in [-0.39, 0.29) is 24.6 Å². The van der Waals surface area contributed by atoms with Crippen LogP contribution in [0.25, 0.3) is 0 Å². The standard InChI is InChI=1S/C9H14ClFO2/c10-5-4-8(11)7-13-9-3-1-2-6-12-9/h4,9H,1-3,5-7H2/b8-4-. The van der Waals surface area contributed by atoms with Crippen molar-refractivity contribution in [3.63, 3.8) is 0 Å². The fraction of sp³-hybridized carbons (Fsp3) is 0.778. The molecule has 0 radical (unpaired) electrons. The predicted octanol–water partition coefficient (Wildman–Crippen LogP) is 2.62. The Kier molecular flexibility index (Phi) is 5.35. The summed E-state index contributed by atoms with van der Waals surface area (Å²) in [4.78, 5) is 0. The molecule has 1 saturated heterocycles. The molecule has 1 fully saturated rings. The lowest BCUT2D eigenvalue weighted by Gasteiger charge is -2.22. The molecule has 0 aromatic heterocycles. The average molecular weight is 209 g/mol. The first-order chi connectivity index (χ1) is 6.33. The van der Waals surface area contributed by atoms with E-state index in [1.807, 2.05) is 0 Å². The monoisotopic (exact) mass is 208 g/mol. The van der Waals surface area contributed by atoms with Gasteiger partial charge < -0.3 is 9.47 Å². The molecule has 1 rings (SSSR count). The van der Waals surface area contributed by atoms with Crippen LogP contribution in [0.4, 0.5) is 4.39 Å². The number of hydrogen-bond donors (Lipinski definition) is 0. The summed E-state index contributed by atoms with van der Waals surface area (Å²) in [6.07, 6.45) is 4.08. The molecule has 13 heavy (non-hydrogen) atoms. The molecule has 0 aliphatic carbocycles. The van der Waals surface area contributed by atoms with Crippen molar-refractivity contribution in [3.05, 3.63) is 11.9 Å². The van der Waals surface area contributed by atoms with Gasteiger partial charge in [-0.05, 0) is 25.3 Å². The third-order valence-corrected chi connectivity index (χ3v) is 2.00. The summed E-state index contributed by atoms with van der Waals surface area (Å²) >= 11 is 5.31. The van der Waals surface area contributed by atoms with Gasteiger partial charge in [0.05, 0.1) is 0 Å². The van der Waals surface area contributed by atoms with Crippen LogP contribution < -0.4 is 0 Å². The SMILES string of the molecule is F/C(=C\CCl)COC1CCCCO1. The van der Waals surface area contributed by atoms with Crippen molar-refractivity contribution in [2.24, 2.45) is 0 Å². The van der Waals surface area contributed by atoms with E-state index in [0.29, 0.717) is 6.61 Å². The maximum atomic E-state index is 12.8. The Morgan fingerprint density at radius 1 is 1.62 bits per heavy atom. The van der Waals surface area contributed by atoms with Crippen LogP contribution in [-0.2, 0) is 9.47 Å². The molecule has 1 heterocycles. The lowest BCUT2D eigenvalue weighted by Crippen LogP contribution is -2.22. The smallest absolute Gasteiger partial charge is 0.158 e. The topological polar surface area (TPSA) is 18.5 Å². The van der Waals surface area contributed by atoms with Crippen LogP contribution >= 0.6 is 11.6 Å². The molecule has 0 spiro atoms. The van der Waals surface area contributed by atoms with E-state index in [1.165, 1.54) is 6.08 Å². The largest absolute Gasteiger partial charge is 0.353 e. The minimum atomic E-state index is -0.329. The van der Waals surface area contributed by atoms with Crippen LogP contribution in [-0.4, -0.2) is 25.4 Å². The van der Waals surface area contributed by atoms with E-state index in [1.54, 1.807) is 0 Å². The van der Waals surface area contributed by atoms with Crippen molar-refractivity contribution in [3.8, 4) is 0 Å². The van der Waals surface area contributed by atoms with E-state index >= 15 is 0 Å². The fourth-order valence-electron chi connectivity index (χ4n) is 1.16. The predicted molar refractivity (Wildman–Crippen MR) is 49.5 cm³/mol. The molecule has 1 aliphatic heterocycles. The summed E-state index contributed by atoms with van der Waals surface area (Å²) in [6.45, 7) is 0.683. The summed E-state index contributed by atoms with van der Waals surface area (Å²) in [7, 11) is 0. The van der Waals surface area contributed by atoms with E-state index < -0.39 is 0 Å². The highest BCUT2D eigenvalue weighted by atomic mass is 35.5. The molecule has 1 unspecified atom stereocenters. The molecule has 0 amide bonds. The second-order valence-corrected chi connectivity index (χ2v) is 3.22. The van der Waals surface area contributed by atoms with Crippen molar-refractivity contribution in [2.45, 2.75) is 25.6 Å². The van der Waals surface area contributed by atoms with Gasteiger partial charge in [0.1, 0.15) is 12.4 Å². The van der Waals surface area contributed by atoms with E-state index in [9.17, 15) is 4.39 Å². The first-order valence-corrected chi connectivity index (χ1v) is 5.00. The Bertz CT molecular complexity index is 167. The van der Waals surface area contributed by atoms with Gasteiger partial charge in [-0.15, -0.1) is 11.6 Å². The van der Waals surface area contributed by atoms with Gasteiger partial charge in [0, 0.05) is 12.5 Å². The van der Waals surface area contributed by atoms with Crippen LogP contribution in [0.2, 0.25) is 0 Å². The number of ether oxygens (including phenoxy) is 2. The molecule has 4 heteroatoms. The van der Waals surface area contributed by atoms with Gasteiger partial charge in [-0.1, -0.05) is 0 Å². The zero-order valence-corrected chi connectivity index (χ0v) is 8.23. The van der Waals surface area contributed by atoms with Crippen LogP contribution in [0.3, 0.4) is 0 Å². The van der Waals surface area contributed by atoms with E-state index in [4.69, 9.17) is 21.1 Å². The molecule has 0 aromatic carbocycles. The van der Waals surface area contributed by atoms with Crippen LogP contribution in [0, 0.1) is 0 Å². The van der Waals surface area contributed by atoms with Crippen molar-refractivity contribution in [2.75, 3.05) is 19.1 Å². The summed E-state index contributed by atoms with van der Waals surface area (Å²) < 4.78 is 23.2. The molecule has 2 nitrogen and oxygen atoms in total. The molecular weight excluding hydrogens is 195 g/mol. The highest BCUT2D eigenvalue weighted by Gasteiger charge is 2.14. The molecule has 1 aliphatic rings. The van der Waals surface area contributed by atoms with Gasteiger partial charge >= 0.3 is 0 Å². The lowest BCUT2D eigenvalue weighted by molar-refractivity contribution is -0.158. The Balaban J connectivity index is 2.13. The number of hydrogen-bond acceptors (Lipinski definition) is 2. The van der Waals surface area contributed by atoms with Crippen molar-refractivity contribution in [1.82, 2.24) is 0 Å². The normalized spacial score (nSPS) is 24.8. The first kappa shape index (κ1) is 11.0. The lowest BCUT2D eigenvalue weighted by atomic mass is 10.2.